The number of thiophene rings is 1. The quantitative estimate of drug-likeness (QED) is 0.593. The summed E-state index contributed by atoms with van der Waals surface area (Å²) >= 11 is 4.81. The SMILES string of the molecule is C[C@@H]1CCc2c(sc(NC(=O)c3cc(-c4ccc(Br)cc4)on3)c2C(N)=O)C1. The number of carbonyl (C=O) groups is 2. The molecule has 3 N–H and O–H groups in total. The fraction of sp³-hybridized carbons (Fsp3) is 0.250. The van der Waals surface area contributed by atoms with Gasteiger partial charge in [0.1, 0.15) is 5.00 Å². The maximum absolute atomic E-state index is 12.7. The minimum Gasteiger partial charge on any atom is -0.365 e. The van der Waals surface area contributed by atoms with Gasteiger partial charge in [-0.25, -0.2) is 0 Å². The van der Waals surface area contributed by atoms with Crippen molar-refractivity contribution in [1.29, 1.82) is 0 Å². The van der Waals surface area contributed by atoms with Crippen LogP contribution in [0.1, 0.15) is 44.6 Å². The Balaban J connectivity index is 1.59. The molecule has 0 unspecified atom stereocenters. The fourth-order valence-corrected chi connectivity index (χ4v) is 5.07. The van der Waals surface area contributed by atoms with Crippen molar-refractivity contribution in [2.24, 2.45) is 11.7 Å². The molecule has 0 saturated carbocycles. The predicted octanol–water partition coefficient (Wildman–Crippen LogP) is 4.64. The second-order valence-electron chi connectivity index (χ2n) is 6.96. The fourth-order valence-electron chi connectivity index (χ4n) is 3.40. The number of anilines is 1. The van der Waals surface area contributed by atoms with E-state index in [0.717, 1.165) is 39.7 Å². The average Bonchev–Trinajstić information content (AvgIpc) is 3.26. The molecule has 28 heavy (non-hydrogen) atoms. The molecule has 0 radical (unpaired) electrons. The van der Waals surface area contributed by atoms with Crippen LogP contribution in [0.2, 0.25) is 0 Å². The molecule has 3 aromatic rings. The summed E-state index contributed by atoms with van der Waals surface area (Å²) in [6.45, 7) is 2.18. The second-order valence-corrected chi connectivity index (χ2v) is 8.98. The zero-order valence-electron chi connectivity index (χ0n) is 15.1. The van der Waals surface area contributed by atoms with E-state index in [1.54, 1.807) is 6.07 Å². The summed E-state index contributed by atoms with van der Waals surface area (Å²) in [7, 11) is 0. The van der Waals surface area contributed by atoms with Gasteiger partial charge in [0.05, 0.1) is 5.56 Å². The number of primary amides is 1. The molecule has 8 heteroatoms. The zero-order chi connectivity index (χ0) is 19.8. The molecule has 0 bridgehead atoms. The third-order valence-corrected chi connectivity index (χ3v) is 6.56. The van der Waals surface area contributed by atoms with Crippen LogP contribution >= 0.6 is 27.3 Å². The van der Waals surface area contributed by atoms with Crippen LogP contribution in [0.15, 0.2) is 39.3 Å². The molecule has 1 aliphatic rings. The normalized spacial score (nSPS) is 15.9. The van der Waals surface area contributed by atoms with E-state index in [4.69, 9.17) is 10.3 Å². The first kappa shape index (κ1) is 18.9. The van der Waals surface area contributed by atoms with Crippen molar-refractivity contribution in [2.45, 2.75) is 26.2 Å². The summed E-state index contributed by atoms with van der Waals surface area (Å²) in [6, 6.07) is 9.08. The number of hydrogen-bond acceptors (Lipinski definition) is 5. The number of benzene rings is 1. The van der Waals surface area contributed by atoms with Gasteiger partial charge in [-0.2, -0.15) is 0 Å². The van der Waals surface area contributed by atoms with Gasteiger partial charge in [0.15, 0.2) is 11.5 Å². The lowest BCUT2D eigenvalue weighted by Crippen LogP contribution is -2.19. The van der Waals surface area contributed by atoms with Crippen molar-refractivity contribution in [3.05, 3.63) is 56.5 Å². The van der Waals surface area contributed by atoms with E-state index in [9.17, 15) is 9.59 Å². The van der Waals surface area contributed by atoms with Gasteiger partial charge in [-0.3, -0.25) is 9.59 Å². The van der Waals surface area contributed by atoms with Crippen LogP contribution in [0.3, 0.4) is 0 Å². The summed E-state index contributed by atoms with van der Waals surface area (Å²) in [6.07, 6.45) is 2.71. The minimum absolute atomic E-state index is 0.146. The van der Waals surface area contributed by atoms with Crippen molar-refractivity contribution >= 4 is 44.1 Å². The summed E-state index contributed by atoms with van der Waals surface area (Å²) < 4.78 is 6.26. The molecular weight excluding hydrogens is 442 g/mol. The van der Waals surface area contributed by atoms with Gasteiger partial charge in [-0.15, -0.1) is 11.3 Å². The van der Waals surface area contributed by atoms with E-state index in [1.165, 1.54) is 11.3 Å². The van der Waals surface area contributed by atoms with E-state index >= 15 is 0 Å². The largest absolute Gasteiger partial charge is 0.365 e. The molecule has 2 amide bonds. The number of carbonyl (C=O) groups excluding carboxylic acids is 2. The average molecular weight is 460 g/mol. The highest BCUT2D eigenvalue weighted by Gasteiger charge is 2.28. The molecule has 144 valence electrons. The number of nitrogens with one attached hydrogen (secondary N) is 1. The zero-order valence-corrected chi connectivity index (χ0v) is 17.5. The van der Waals surface area contributed by atoms with Crippen molar-refractivity contribution in [2.75, 3.05) is 5.32 Å². The molecule has 0 saturated heterocycles. The van der Waals surface area contributed by atoms with Gasteiger partial charge < -0.3 is 15.6 Å². The van der Waals surface area contributed by atoms with Crippen LogP contribution in [0.5, 0.6) is 0 Å². The van der Waals surface area contributed by atoms with Gasteiger partial charge in [-0.1, -0.05) is 40.1 Å². The molecule has 6 nitrogen and oxygen atoms in total. The van der Waals surface area contributed by atoms with Crippen LogP contribution in [-0.4, -0.2) is 17.0 Å². The maximum Gasteiger partial charge on any atom is 0.278 e. The lowest BCUT2D eigenvalue weighted by Gasteiger charge is -2.18. The first-order valence-corrected chi connectivity index (χ1v) is 10.5. The molecule has 0 fully saturated rings. The highest BCUT2D eigenvalue weighted by atomic mass is 79.9. The predicted molar refractivity (Wildman–Crippen MR) is 112 cm³/mol. The Morgan fingerprint density at radius 1 is 1.32 bits per heavy atom. The van der Waals surface area contributed by atoms with E-state index in [1.807, 2.05) is 24.3 Å². The Kier molecular flexibility index (Phi) is 5.07. The van der Waals surface area contributed by atoms with Gasteiger partial charge >= 0.3 is 0 Å². The van der Waals surface area contributed by atoms with Gasteiger partial charge in [-0.05, 0) is 42.9 Å². The highest BCUT2D eigenvalue weighted by molar-refractivity contribution is 9.10. The lowest BCUT2D eigenvalue weighted by molar-refractivity contribution is 0.1000. The van der Waals surface area contributed by atoms with Crippen LogP contribution in [0.25, 0.3) is 11.3 Å². The van der Waals surface area contributed by atoms with E-state index < -0.39 is 11.8 Å². The summed E-state index contributed by atoms with van der Waals surface area (Å²) in [5.74, 6) is 0.103. The lowest BCUT2D eigenvalue weighted by atomic mass is 9.88. The van der Waals surface area contributed by atoms with E-state index in [0.29, 0.717) is 22.2 Å². The minimum atomic E-state index is -0.516. The van der Waals surface area contributed by atoms with Gasteiger partial charge in [0.25, 0.3) is 11.8 Å². The van der Waals surface area contributed by atoms with Crippen molar-refractivity contribution in [1.82, 2.24) is 5.16 Å². The monoisotopic (exact) mass is 459 g/mol. The topological polar surface area (TPSA) is 98.2 Å². The van der Waals surface area contributed by atoms with Crippen molar-refractivity contribution in [3.8, 4) is 11.3 Å². The number of rotatable bonds is 4. The van der Waals surface area contributed by atoms with Crippen LogP contribution in [0.4, 0.5) is 5.00 Å². The number of aromatic nitrogens is 1. The number of nitrogens with zero attached hydrogens (tertiary/aromatic N) is 1. The summed E-state index contributed by atoms with van der Waals surface area (Å²) in [4.78, 5) is 25.8. The van der Waals surface area contributed by atoms with Crippen LogP contribution in [0, 0.1) is 5.92 Å². The number of halogens is 1. The Morgan fingerprint density at radius 3 is 2.79 bits per heavy atom. The third kappa shape index (κ3) is 3.62. The molecule has 2 aromatic heterocycles. The molecule has 2 heterocycles. The van der Waals surface area contributed by atoms with Crippen LogP contribution < -0.4 is 11.1 Å². The second kappa shape index (κ2) is 7.52. The molecule has 4 rings (SSSR count). The first-order valence-electron chi connectivity index (χ1n) is 8.90. The number of hydrogen-bond donors (Lipinski definition) is 2. The molecule has 1 aliphatic carbocycles. The standard InChI is InChI=1S/C20H18BrN3O3S/c1-10-2-7-13-16(8-10)28-20(17(13)18(22)25)23-19(26)14-9-15(27-24-14)11-3-5-12(21)6-4-11/h3-6,9-10H,2,7-8H2,1H3,(H2,22,25)(H,23,26)/t10-/m1/s1. The highest BCUT2D eigenvalue weighted by Crippen LogP contribution is 2.39. The molecular formula is C20H18BrN3O3S. The van der Waals surface area contributed by atoms with E-state index in [2.05, 4.69) is 33.3 Å². The van der Waals surface area contributed by atoms with Gasteiger partial charge in [0, 0.05) is 21.0 Å². The summed E-state index contributed by atoms with van der Waals surface area (Å²) in [5.41, 5.74) is 7.96. The molecule has 0 spiro atoms. The third-order valence-electron chi connectivity index (χ3n) is 4.86. The Labute approximate surface area is 174 Å². The molecule has 1 atom stereocenters. The molecule has 1 aromatic carbocycles. The van der Waals surface area contributed by atoms with Gasteiger partial charge in [0.2, 0.25) is 0 Å². The number of fused-ring (bicyclic) bond motifs is 1. The summed E-state index contributed by atoms with van der Waals surface area (Å²) in [5, 5.41) is 7.16. The Bertz CT molecular complexity index is 1060. The number of nitrogens with two attached hydrogens (primary N) is 1. The maximum atomic E-state index is 12.7. The smallest absolute Gasteiger partial charge is 0.278 e. The number of amides is 2. The van der Waals surface area contributed by atoms with Crippen LogP contribution in [-0.2, 0) is 12.8 Å². The first-order chi connectivity index (χ1) is 13.4. The van der Waals surface area contributed by atoms with E-state index in [-0.39, 0.29) is 5.69 Å². The Morgan fingerprint density at radius 2 is 2.07 bits per heavy atom. The van der Waals surface area contributed by atoms with Crippen molar-refractivity contribution < 1.29 is 14.1 Å². The Hall–Kier alpha value is -2.45. The molecule has 0 aliphatic heterocycles. The van der Waals surface area contributed by atoms with Crippen molar-refractivity contribution in [3.63, 3.8) is 0 Å².